The maximum atomic E-state index is 13.4. The number of hydrogen-bond acceptors (Lipinski definition) is 17. The van der Waals surface area contributed by atoms with E-state index >= 15 is 0 Å². The van der Waals surface area contributed by atoms with Crippen molar-refractivity contribution in [2.45, 2.75) is 25.4 Å². The van der Waals surface area contributed by atoms with Crippen LogP contribution in [-0.4, -0.2) is 186 Å². The number of anilines is 4. The third-order valence-electron chi connectivity index (χ3n) is 10.2. The van der Waals surface area contributed by atoms with Gasteiger partial charge in [-0.3, -0.25) is 62.9 Å². The number of hydrogen-bond donors (Lipinski definition) is 10. The molecule has 0 spiro atoms. The van der Waals surface area contributed by atoms with Gasteiger partial charge in [-0.15, -0.1) is 0 Å². The Balaban J connectivity index is 0.00000980. The van der Waals surface area contributed by atoms with E-state index in [-0.39, 0.29) is 160 Å². The standard InChI is InChI=1S/C41H51N13O12.Gd/c42-41-49-37-36(40(66)50-41)46-29(20-44-37)19-43-26-3-1-25(2-4-26)38(64)48-30(9-10-32(56)57)39(65)47-28-7-5-27(6-8-28)45-31(55)21-51-11-13-52(22-33(58)59)15-17-54(24-35(62)63)18-16-53(14-12-51)23-34(60)61;/h1-8,20,30,43H,9-19,21-24H2,(H,45,55)(H,47,65)(H,48,64)(H,56,57)(H,58,59)(H,60,61)(H,62,63)(H3,42,44,49,50,66);/q;+3. The van der Waals surface area contributed by atoms with Gasteiger partial charge in [-0.1, -0.05) is 0 Å². The summed E-state index contributed by atoms with van der Waals surface area (Å²) in [5, 5.41) is 48.8. The van der Waals surface area contributed by atoms with Crippen LogP contribution < -0.4 is 32.6 Å². The molecule has 1 aliphatic rings. The van der Waals surface area contributed by atoms with Gasteiger partial charge < -0.3 is 47.4 Å². The van der Waals surface area contributed by atoms with Crippen LogP contribution in [0.3, 0.4) is 0 Å². The smallest absolute Gasteiger partial charge is 0.481 e. The summed E-state index contributed by atoms with van der Waals surface area (Å²) >= 11 is 0. The van der Waals surface area contributed by atoms with Gasteiger partial charge in [-0.05, 0) is 55.0 Å². The van der Waals surface area contributed by atoms with Crippen LogP contribution in [0.5, 0.6) is 0 Å². The first-order chi connectivity index (χ1) is 31.5. The van der Waals surface area contributed by atoms with E-state index in [0.717, 1.165) is 0 Å². The fraction of sp³-hybridized carbons (Fsp3) is 0.390. The summed E-state index contributed by atoms with van der Waals surface area (Å²) in [5.41, 5.74) is 6.99. The van der Waals surface area contributed by atoms with Crippen LogP contribution in [0.15, 0.2) is 59.5 Å². The van der Waals surface area contributed by atoms with Gasteiger partial charge in [0.25, 0.3) is 11.5 Å². The Kier molecular flexibility index (Phi) is 20.8. The Morgan fingerprint density at radius 1 is 0.657 bits per heavy atom. The van der Waals surface area contributed by atoms with Gasteiger partial charge in [0.05, 0.1) is 44.6 Å². The van der Waals surface area contributed by atoms with Crippen molar-refractivity contribution >= 4 is 75.8 Å². The van der Waals surface area contributed by atoms with E-state index in [1.807, 2.05) is 0 Å². The van der Waals surface area contributed by atoms with Gasteiger partial charge in [0.2, 0.25) is 17.8 Å². The van der Waals surface area contributed by atoms with Crippen LogP contribution >= 0.6 is 0 Å². The first-order valence-electron chi connectivity index (χ1n) is 20.6. The monoisotopic (exact) mass is 1080 g/mol. The predicted octanol–water partition coefficient (Wildman–Crippen LogP) is -1.08. The number of fused-ring (bicyclic) bond motifs is 1. The van der Waals surface area contributed by atoms with Crippen molar-refractivity contribution in [2.75, 3.05) is 100 Å². The average Bonchev–Trinajstić information content (AvgIpc) is 3.25. The Morgan fingerprint density at radius 2 is 1.13 bits per heavy atom. The summed E-state index contributed by atoms with van der Waals surface area (Å²) in [4.78, 5) is 120. The number of aromatic amines is 1. The van der Waals surface area contributed by atoms with Crippen LogP contribution in [-0.2, 0) is 35.3 Å². The number of carboxylic acids is 4. The number of H-pyrrole nitrogens is 1. The SMILES string of the molecule is Nc1nc2ncc(CNc3ccc(C(=O)NC(CCC(=O)O)C(=O)Nc4ccc(NC(=O)CN5CCN(CC(=O)O)CCN(CC(=O)O)CCN(CC(=O)O)CC5)cc4)cc3)nc2c(=O)[nH]1.[Gd+3]. The van der Waals surface area contributed by atoms with Gasteiger partial charge in [0, 0.05) is 81.4 Å². The number of nitrogens with zero attached hydrogens (tertiary/aromatic N) is 7. The second kappa shape index (κ2) is 26.2. The number of amides is 3. The number of carbonyl (C=O) groups is 7. The summed E-state index contributed by atoms with van der Waals surface area (Å²) in [6, 6.07) is 11.0. The molecule has 0 aliphatic carbocycles. The molecule has 1 atom stereocenters. The number of nitrogens with one attached hydrogen (secondary N) is 5. The van der Waals surface area contributed by atoms with Gasteiger partial charge in [0.15, 0.2) is 11.2 Å². The number of benzene rings is 2. The minimum absolute atomic E-state index is 0. The third-order valence-corrected chi connectivity index (χ3v) is 10.2. The largest absolute Gasteiger partial charge is 3.00 e. The topological polar surface area (TPSA) is 359 Å². The minimum atomic E-state index is -1.24. The van der Waals surface area contributed by atoms with Gasteiger partial charge in [-0.2, -0.15) is 4.98 Å². The molecule has 1 unspecified atom stereocenters. The Hall–Kier alpha value is -6.29. The average molecular weight is 1080 g/mol. The molecule has 5 rings (SSSR count). The maximum absolute atomic E-state index is 13.4. The van der Waals surface area contributed by atoms with Crippen molar-refractivity contribution in [3.05, 3.63) is 76.3 Å². The Morgan fingerprint density at radius 3 is 1.63 bits per heavy atom. The zero-order valence-electron chi connectivity index (χ0n) is 36.0. The molecule has 0 bridgehead atoms. The first kappa shape index (κ1) is 53.3. The number of carbonyl (C=O) groups excluding carboxylic acids is 3. The van der Waals surface area contributed by atoms with E-state index in [4.69, 9.17) is 5.73 Å². The van der Waals surface area contributed by atoms with E-state index in [1.165, 1.54) is 42.6 Å². The molecule has 357 valence electrons. The van der Waals surface area contributed by atoms with Crippen LogP contribution in [0.25, 0.3) is 11.2 Å². The fourth-order valence-corrected chi connectivity index (χ4v) is 6.82. The molecular weight excluding hydrogens is 1020 g/mol. The number of nitrogens with two attached hydrogens (primary N) is 1. The predicted molar refractivity (Wildman–Crippen MR) is 237 cm³/mol. The summed E-state index contributed by atoms with van der Waals surface area (Å²) in [6.45, 7) is 1.03. The van der Waals surface area contributed by atoms with Gasteiger partial charge in [0.1, 0.15) is 6.04 Å². The van der Waals surface area contributed by atoms with Crippen LogP contribution in [0, 0.1) is 39.9 Å². The normalized spacial score (nSPS) is 14.9. The second-order valence-corrected chi connectivity index (χ2v) is 15.3. The van der Waals surface area contributed by atoms with Crippen molar-refractivity contribution in [1.82, 2.24) is 44.9 Å². The van der Waals surface area contributed by atoms with Crippen molar-refractivity contribution in [1.29, 1.82) is 0 Å². The molecule has 1 radical (unpaired) electrons. The van der Waals surface area contributed by atoms with Crippen molar-refractivity contribution in [3.63, 3.8) is 0 Å². The molecule has 2 aromatic carbocycles. The number of aliphatic carboxylic acids is 4. The molecule has 4 aromatic rings. The fourth-order valence-electron chi connectivity index (χ4n) is 6.82. The molecule has 1 fully saturated rings. The van der Waals surface area contributed by atoms with Crippen molar-refractivity contribution < 1.29 is 93.9 Å². The van der Waals surface area contributed by atoms with Gasteiger partial charge in [-0.25, -0.2) is 9.97 Å². The van der Waals surface area contributed by atoms with Crippen molar-refractivity contribution in [2.24, 2.45) is 0 Å². The minimum Gasteiger partial charge on any atom is -0.481 e. The molecule has 11 N–H and O–H groups in total. The van der Waals surface area contributed by atoms with E-state index < -0.39 is 59.6 Å². The number of rotatable bonds is 19. The van der Waals surface area contributed by atoms with Crippen LogP contribution in [0.4, 0.5) is 23.0 Å². The molecule has 1 saturated heterocycles. The summed E-state index contributed by atoms with van der Waals surface area (Å²) in [5.74, 6) is -6.22. The molecule has 26 heteroatoms. The quantitative estimate of drug-likeness (QED) is 0.0534. The molecule has 3 amide bonds. The molecule has 2 aromatic heterocycles. The summed E-state index contributed by atoms with van der Waals surface area (Å²) < 4.78 is 0. The zero-order valence-corrected chi connectivity index (χ0v) is 38.3. The molecule has 67 heavy (non-hydrogen) atoms. The molecule has 1 aliphatic heterocycles. The Labute approximate surface area is 414 Å². The molecule has 25 nitrogen and oxygen atoms in total. The molecule has 0 saturated carbocycles. The summed E-state index contributed by atoms with van der Waals surface area (Å²) in [6.07, 6.45) is 0.796. The van der Waals surface area contributed by atoms with E-state index in [1.54, 1.807) is 31.7 Å². The van der Waals surface area contributed by atoms with Gasteiger partial charge >= 0.3 is 63.8 Å². The second-order valence-electron chi connectivity index (χ2n) is 15.3. The zero-order chi connectivity index (χ0) is 47.8. The van der Waals surface area contributed by atoms with E-state index in [0.29, 0.717) is 17.1 Å². The summed E-state index contributed by atoms with van der Waals surface area (Å²) in [7, 11) is 0. The number of carboxylic acid groups (broad SMARTS) is 4. The van der Waals surface area contributed by atoms with E-state index in [9.17, 15) is 58.8 Å². The van der Waals surface area contributed by atoms with Crippen molar-refractivity contribution in [3.8, 4) is 0 Å². The maximum Gasteiger partial charge on any atom is 3.00 e. The molecule has 3 heterocycles. The van der Waals surface area contributed by atoms with Crippen LogP contribution in [0.1, 0.15) is 28.9 Å². The molecular formula is C41H51GdN13O12+3. The first-order valence-corrected chi connectivity index (χ1v) is 20.6. The van der Waals surface area contributed by atoms with E-state index in [2.05, 4.69) is 41.2 Å². The number of aromatic nitrogens is 4. The van der Waals surface area contributed by atoms with Crippen LogP contribution in [0.2, 0.25) is 0 Å². The number of nitrogen functional groups attached to an aromatic ring is 1. The third kappa shape index (κ3) is 18.1. The Bertz CT molecular complexity index is 2410.